The van der Waals surface area contributed by atoms with Crippen molar-refractivity contribution in [3.8, 4) is 6.07 Å². The van der Waals surface area contributed by atoms with Crippen molar-refractivity contribution in [3.63, 3.8) is 0 Å². The molecule has 3 N–H and O–H groups in total. The lowest BCUT2D eigenvalue weighted by Gasteiger charge is -2.33. The van der Waals surface area contributed by atoms with Crippen LogP contribution in [0.15, 0.2) is 0 Å². The van der Waals surface area contributed by atoms with E-state index < -0.39 is 12.1 Å². The van der Waals surface area contributed by atoms with Gasteiger partial charge in [0.15, 0.2) is 5.92 Å². The molecule has 1 saturated heterocycles. The van der Waals surface area contributed by atoms with Crippen LogP contribution in [0, 0.1) is 23.2 Å². The normalized spacial score (nSPS) is 22.1. The third-order valence-electron chi connectivity index (χ3n) is 3.31. The molecule has 114 valence electrons. The SMILES string of the molecule is N#CC(CN1CCCC(C(=O)NCCN)C1)C(F)(F)F. The van der Waals surface area contributed by atoms with Gasteiger partial charge in [0.2, 0.25) is 5.91 Å². The minimum absolute atomic E-state index is 0.180. The van der Waals surface area contributed by atoms with Crippen LogP contribution in [0.2, 0.25) is 0 Å². The second-order valence-electron chi connectivity index (χ2n) is 4.90. The van der Waals surface area contributed by atoms with Gasteiger partial charge in [0, 0.05) is 26.2 Å². The summed E-state index contributed by atoms with van der Waals surface area (Å²) >= 11 is 0. The number of halogens is 3. The largest absolute Gasteiger partial charge is 0.405 e. The lowest BCUT2D eigenvalue weighted by atomic mass is 9.96. The molecule has 2 atom stereocenters. The molecule has 5 nitrogen and oxygen atoms in total. The van der Waals surface area contributed by atoms with Gasteiger partial charge in [0.25, 0.3) is 0 Å². The van der Waals surface area contributed by atoms with Crippen LogP contribution < -0.4 is 11.1 Å². The van der Waals surface area contributed by atoms with E-state index in [4.69, 9.17) is 11.0 Å². The first-order valence-electron chi connectivity index (χ1n) is 6.55. The highest BCUT2D eigenvalue weighted by Crippen LogP contribution is 2.28. The van der Waals surface area contributed by atoms with E-state index in [1.165, 1.54) is 11.0 Å². The molecular weight excluding hydrogens is 273 g/mol. The summed E-state index contributed by atoms with van der Waals surface area (Å²) in [6, 6.07) is 1.28. The molecule has 0 spiro atoms. The van der Waals surface area contributed by atoms with Gasteiger partial charge in [0.1, 0.15) is 0 Å². The van der Waals surface area contributed by atoms with Crippen LogP contribution in [0.25, 0.3) is 0 Å². The van der Waals surface area contributed by atoms with Gasteiger partial charge in [0.05, 0.1) is 12.0 Å². The molecular formula is C12H19F3N4O. The maximum Gasteiger partial charge on any atom is 0.405 e. The molecule has 1 heterocycles. The number of rotatable bonds is 5. The standard InChI is InChI=1S/C12H19F3N4O/c13-12(14,15)10(6-17)8-19-5-1-2-9(7-19)11(20)18-4-3-16/h9-10H,1-5,7-8,16H2,(H,18,20). The second kappa shape index (κ2) is 7.45. The first-order chi connectivity index (χ1) is 9.38. The van der Waals surface area contributed by atoms with Crippen molar-refractivity contribution in [2.24, 2.45) is 17.6 Å². The van der Waals surface area contributed by atoms with Crippen molar-refractivity contribution >= 4 is 5.91 Å². The van der Waals surface area contributed by atoms with E-state index >= 15 is 0 Å². The summed E-state index contributed by atoms with van der Waals surface area (Å²) < 4.78 is 37.7. The molecule has 2 unspecified atom stereocenters. The van der Waals surface area contributed by atoms with Crippen molar-refractivity contribution in [1.82, 2.24) is 10.2 Å². The molecule has 1 aliphatic rings. The maximum absolute atomic E-state index is 12.6. The molecule has 1 amide bonds. The Bertz CT molecular complexity index is 367. The summed E-state index contributed by atoms with van der Waals surface area (Å²) in [6.45, 7) is 1.05. The molecule has 0 aromatic heterocycles. The average molecular weight is 292 g/mol. The molecule has 0 aromatic rings. The Balaban J connectivity index is 2.52. The van der Waals surface area contributed by atoms with Crippen molar-refractivity contribution in [2.45, 2.75) is 19.0 Å². The number of amides is 1. The zero-order valence-corrected chi connectivity index (χ0v) is 11.1. The molecule has 1 aliphatic heterocycles. The van der Waals surface area contributed by atoms with Crippen molar-refractivity contribution in [3.05, 3.63) is 0 Å². The number of alkyl halides is 3. The van der Waals surface area contributed by atoms with E-state index in [-0.39, 0.29) is 24.9 Å². The number of hydrogen-bond donors (Lipinski definition) is 2. The van der Waals surface area contributed by atoms with Crippen molar-refractivity contribution in [2.75, 3.05) is 32.7 Å². The van der Waals surface area contributed by atoms with Gasteiger partial charge in [-0.3, -0.25) is 4.79 Å². The van der Waals surface area contributed by atoms with Crippen LogP contribution in [0.4, 0.5) is 13.2 Å². The smallest absolute Gasteiger partial charge is 0.355 e. The second-order valence-corrected chi connectivity index (χ2v) is 4.90. The number of carbonyl (C=O) groups is 1. The Morgan fingerprint density at radius 1 is 1.55 bits per heavy atom. The Kier molecular flexibility index (Phi) is 6.23. The summed E-state index contributed by atoms with van der Waals surface area (Å²) in [5.41, 5.74) is 5.28. The van der Waals surface area contributed by atoms with Gasteiger partial charge in [-0.1, -0.05) is 0 Å². The number of carbonyl (C=O) groups excluding carboxylic acids is 1. The van der Waals surface area contributed by atoms with Gasteiger partial charge < -0.3 is 16.0 Å². The van der Waals surface area contributed by atoms with Gasteiger partial charge in [-0.15, -0.1) is 0 Å². The Hall–Kier alpha value is -1.33. The molecule has 0 aromatic carbocycles. The summed E-state index contributed by atoms with van der Waals surface area (Å²) in [4.78, 5) is 13.3. The van der Waals surface area contributed by atoms with E-state index in [2.05, 4.69) is 5.32 Å². The predicted octanol–water partition coefficient (Wildman–Crippen LogP) is 0.475. The summed E-state index contributed by atoms with van der Waals surface area (Å²) in [5, 5.41) is 11.2. The summed E-state index contributed by atoms with van der Waals surface area (Å²) in [5.74, 6) is -2.52. The number of nitriles is 1. The minimum Gasteiger partial charge on any atom is -0.355 e. The molecule has 20 heavy (non-hydrogen) atoms. The molecule has 0 bridgehead atoms. The van der Waals surface area contributed by atoms with Gasteiger partial charge in [-0.2, -0.15) is 18.4 Å². The summed E-state index contributed by atoms with van der Waals surface area (Å²) in [7, 11) is 0. The first kappa shape index (κ1) is 16.7. The molecule has 1 fully saturated rings. The fourth-order valence-electron chi connectivity index (χ4n) is 2.25. The average Bonchev–Trinajstić information content (AvgIpc) is 2.41. The fraction of sp³-hybridized carbons (Fsp3) is 0.833. The Morgan fingerprint density at radius 3 is 2.80 bits per heavy atom. The minimum atomic E-state index is -4.52. The number of piperidine rings is 1. The zero-order chi connectivity index (χ0) is 15.2. The predicted molar refractivity (Wildman–Crippen MR) is 66.4 cm³/mol. The van der Waals surface area contributed by atoms with Crippen LogP contribution in [-0.2, 0) is 4.79 Å². The number of nitrogens with zero attached hydrogens (tertiary/aromatic N) is 2. The molecule has 0 saturated carbocycles. The topological polar surface area (TPSA) is 82.2 Å². The highest BCUT2D eigenvalue weighted by molar-refractivity contribution is 5.78. The highest BCUT2D eigenvalue weighted by Gasteiger charge is 2.41. The van der Waals surface area contributed by atoms with Crippen LogP contribution in [0.1, 0.15) is 12.8 Å². The van der Waals surface area contributed by atoms with Crippen LogP contribution in [-0.4, -0.2) is 49.7 Å². The van der Waals surface area contributed by atoms with E-state index in [0.29, 0.717) is 32.5 Å². The van der Waals surface area contributed by atoms with Gasteiger partial charge in [-0.05, 0) is 19.4 Å². The van der Waals surface area contributed by atoms with E-state index in [0.717, 1.165) is 0 Å². The number of nitrogens with one attached hydrogen (secondary N) is 1. The molecule has 8 heteroatoms. The maximum atomic E-state index is 12.6. The van der Waals surface area contributed by atoms with Crippen molar-refractivity contribution < 1.29 is 18.0 Å². The van der Waals surface area contributed by atoms with Crippen LogP contribution in [0.3, 0.4) is 0 Å². The quantitative estimate of drug-likeness (QED) is 0.772. The van der Waals surface area contributed by atoms with Gasteiger partial charge in [-0.25, -0.2) is 0 Å². The Morgan fingerprint density at radius 2 is 2.25 bits per heavy atom. The number of hydrogen-bond acceptors (Lipinski definition) is 4. The van der Waals surface area contributed by atoms with E-state index in [1.807, 2.05) is 0 Å². The zero-order valence-electron chi connectivity index (χ0n) is 11.1. The molecule has 0 radical (unpaired) electrons. The van der Waals surface area contributed by atoms with E-state index in [9.17, 15) is 18.0 Å². The van der Waals surface area contributed by atoms with Crippen LogP contribution in [0.5, 0.6) is 0 Å². The fourth-order valence-corrected chi connectivity index (χ4v) is 2.25. The third-order valence-corrected chi connectivity index (χ3v) is 3.31. The molecule has 0 aliphatic carbocycles. The van der Waals surface area contributed by atoms with Crippen molar-refractivity contribution in [1.29, 1.82) is 5.26 Å². The Labute approximate surface area is 115 Å². The number of nitrogens with two attached hydrogens (primary N) is 1. The first-order valence-corrected chi connectivity index (χ1v) is 6.55. The van der Waals surface area contributed by atoms with Gasteiger partial charge >= 0.3 is 6.18 Å². The molecule has 1 rings (SSSR count). The summed E-state index contributed by atoms with van der Waals surface area (Å²) in [6.07, 6.45) is -3.23. The third kappa shape index (κ3) is 4.98. The lowest BCUT2D eigenvalue weighted by Crippen LogP contribution is -2.46. The van der Waals surface area contributed by atoms with Crippen LogP contribution >= 0.6 is 0 Å². The lowest BCUT2D eigenvalue weighted by molar-refractivity contribution is -0.164. The monoisotopic (exact) mass is 292 g/mol. The van der Waals surface area contributed by atoms with E-state index in [1.54, 1.807) is 0 Å². The highest BCUT2D eigenvalue weighted by atomic mass is 19.4. The number of likely N-dealkylation sites (tertiary alicyclic amines) is 1.